The van der Waals surface area contributed by atoms with Gasteiger partial charge in [-0.1, -0.05) is 6.07 Å². The molecule has 2 amide bonds. The SMILES string of the molecule is CC(C)(C)OC(=O)N=C(NC(=O)OC(C)(C)C)N1CCc2ccc(OCC3CCN(c4ccc([N+](=O)[O-])cn4)CC3)cc2C1. The lowest BCUT2D eigenvalue weighted by atomic mass is 9.97. The van der Waals surface area contributed by atoms with Gasteiger partial charge in [-0.25, -0.2) is 14.6 Å². The number of ether oxygens (including phenoxy) is 3. The maximum absolute atomic E-state index is 12.6. The maximum atomic E-state index is 12.6. The lowest BCUT2D eigenvalue weighted by Gasteiger charge is -2.33. The van der Waals surface area contributed by atoms with Crippen molar-refractivity contribution in [3.63, 3.8) is 0 Å². The Bertz CT molecular complexity index is 1370. The molecule has 0 saturated carbocycles. The third kappa shape index (κ3) is 9.55. The van der Waals surface area contributed by atoms with Gasteiger partial charge in [0.1, 0.15) is 29.0 Å². The first-order valence-electron chi connectivity index (χ1n) is 14.8. The summed E-state index contributed by atoms with van der Waals surface area (Å²) in [4.78, 5) is 47.9. The first kappa shape index (κ1) is 32.5. The van der Waals surface area contributed by atoms with Crippen LogP contribution in [0.15, 0.2) is 41.5 Å². The van der Waals surface area contributed by atoms with Crippen LogP contribution in [-0.2, 0) is 22.4 Å². The molecular weight excluding hydrogens is 568 g/mol. The number of nitrogens with one attached hydrogen (secondary N) is 1. The van der Waals surface area contributed by atoms with Gasteiger partial charge in [-0.15, -0.1) is 4.99 Å². The Morgan fingerprint density at radius 1 is 1.02 bits per heavy atom. The van der Waals surface area contributed by atoms with E-state index < -0.39 is 28.3 Å². The number of nitro groups is 1. The number of fused-ring (bicyclic) bond motifs is 1. The number of piperidine rings is 1. The van der Waals surface area contributed by atoms with Crippen LogP contribution in [0.3, 0.4) is 0 Å². The number of nitrogens with zero attached hydrogens (tertiary/aromatic N) is 5. The van der Waals surface area contributed by atoms with Crippen LogP contribution >= 0.6 is 0 Å². The van der Waals surface area contributed by atoms with E-state index in [4.69, 9.17) is 14.2 Å². The molecule has 4 rings (SSSR count). The molecule has 13 nitrogen and oxygen atoms in total. The summed E-state index contributed by atoms with van der Waals surface area (Å²) in [6.45, 7) is 13.6. The summed E-state index contributed by atoms with van der Waals surface area (Å²) in [6.07, 6.45) is 2.30. The molecule has 2 aromatic rings. The second-order valence-electron chi connectivity index (χ2n) is 13.0. The Labute approximate surface area is 257 Å². The number of pyridine rings is 1. The van der Waals surface area contributed by atoms with Crippen LogP contribution in [0.4, 0.5) is 21.1 Å². The molecule has 1 N–H and O–H groups in total. The number of hydrogen-bond acceptors (Lipinski definition) is 9. The normalized spacial score (nSPS) is 16.2. The molecule has 1 fully saturated rings. The predicted molar refractivity (Wildman–Crippen MR) is 165 cm³/mol. The highest BCUT2D eigenvalue weighted by molar-refractivity contribution is 5.99. The maximum Gasteiger partial charge on any atom is 0.437 e. The van der Waals surface area contributed by atoms with Crippen molar-refractivity contribution in [2.24, 2.45) is 10.9 Å². The number of aromatic nitrogens is 1. The van der Waals surface area contributed by atoms with E-state index in [1.165, 1.54) is 12.3 Å². The van der Waals surface area contributed by atoms with Gasteiger partial charge < -0.3 is 24.0 Å². The summed E-state index contributed by atoms with van der Waals surface area (Å²) >= 11 is 0. The number of amides is 2. The zero-order valence-electron chi connectivity index (χ0n) is 26.3. The van der Waals surface area contributed by atoms with Gasteiger partial charge in [0, 0.05) is 32.2 Å². The molecule has 3 heterocycles. The second-order valence-corrected chi connectivity index (χ2v) is 13.0. The molecular formula is C31H42N6O7. The Balaban J connectivity index is 1.37. The van der Waals surface area contributed by atoms with Gasteiger partial charge >= 0.3 is 12.2 Å². The molecule has 13 heteroatoms. The third-order valence-corrected chi connectivity index (χ3v) is 7.06. The average molecular weight is 611 g/mol. The topological polar surface area (TPSA) is 149 Å². The fourth-order valence-electron chi connectivity index (χ4n) is 4.96. The molecule has 0 radical (unpaired) electrons. The van der Waals surface area contributed by atoms with Gasteiger partial charge in [0.05, 0.1) is 11.5 Å². The van der Waals surface area contributed by atoms with Gasteiger partial charge in [-0.3, -0.25) is 15.4 Å². The minimum absolute atomic E-state index is 0.0175. The summed E-state index contributed by atoms with van der Waals surface area (Å²) in [5, 5.41) is 13.5. The molecule has 0 spiro atoms. The summed E-state index contributed by atoms with van der Waals surface area (Å²) in [5.41, 5.74) is 0.689. The van der Waals surface area contributed by atoms with Crippen LogP contribution in [0.1, 0.15) is 65.5 Å². The average Bonchev–Trinajstić information content (AvgIpc) is 2.93. The van der Waals surface area contributed by atoms with Crippen molar-refractivity contribution < 1.29 is 28.7 Å². The number of alkyl carbamates (subject to hydrolysis) is 1. The minimum atomic E-state index is -0.804. The lowest BCUT2D eigenvalue weighted by Crippen LogP contribution is -2.48. The van der Waals surface area contributed by atoms with Crippen molar-refractivity contribution in [3.05, 3.63) is 57.8 Å². The Kier molecular flexibility index (Phi) is 9.95. The number of hydrogen-bond donors (Lipinski definition) is 1. The van der Waals surface area contributed by atoms with Crippen molar-refractivity contribution >= 4 is 29.7 Å². The van der Waals surface area contributed by atoms with Crippen LogP contribution in [-0.4, -0.2) is 70.4 Å². The number of rotatable bonds is 5. The fraction of sp³-hybridized carbons (Fsp3) is 0.548. The van der Waals surface area contributed by atoms with Crippen molar-refractivity contribution in [3.8, 4) is 5.75 Å². The van der Waals surface area contributed by atoms with Crippen molar-refractivity contribution in [2.75, 3.05) is 31.1 Å². The third-order valence-electron chi connectivity index (χ3n) is 7.06. The molecule has 1 aromatic carbocycles. The first-order chi connectivity index (χ1) is 20.6. The van der Waals surface area contributed by atoms with Crippen molar-refractivity contribution in [1.29, 1.82) is 0 Å². The number of benzene rings is 1. The number of anilines is 1. The summed E-state index contributed by atoms with van der Waals surface area (Å²) in [6, 6.07) is 9.19. The van der Waals surface area contributed by atoms with E-state index in [9.17, 15) is 19.7 Å². The summed E-state index contributed by atoms with van der Waals surface area (Å²) in [5.74, 6) is 1.92. The highest BCUT2D eigenvalue weighted by Crippen LogP contribution is 2.27. The first-order valence-corrected chi connectivity index (χ1v) is 14.8. The molecule has 0 unspecified atom stereocenters. The van der Waals surface area contributed by atoms with Crippen LogP contribution in [0, 0.1) is 16.0 Å². The van der Waals surface area contributed by atoms with E-state index in [2.05, 4.69) is 26.3 Å². The van der Waals surface area contributed by atoms with Gasteiger partial charge in [0.25, 0.3) is 5.69 Å². The zero-order chi connectivity index (χ0) is 32.1. The molecule has 2 aliphatic rings. The predicted octanol–water partition coefficient (Wildman–Crippen LogP) is 5.46. The molecule has 1 saturated heterocycles. The van der Waals surface area contributed by atoms with Crippen LogP contribution in [0.25, 0.3) is 0 Å². The molecule has 1 aromatic heterocycles. The van der Waals surface area contributed by atoms with Gasteiger partial charge in [0.15, 0.2) is 0 Å². The van der Waals surface area contributed by atoms with E-state index in [1.54, 1.807) is 47.6 Å². The molecule has 2 aliphatic heterocycles. The highest BCUT2D eigenvalue weighted by atomic mass is 16.6. The van der Waals surface area contributed by atoms with Gasteiger partial charge in [0.2, 0.25) is 5.96 Å². The fourth-order valence-corrected chi connectivity index (χ4v) is 4.96. The van der Waals surface area contributed by atoms with E-state index in [-0.39, 0.29) is 11.6 Å². The number of guanidine groups is 1. The van der Waals surface area contributed by atoms with Crippen molar-refractivity contribution in [1.82, 2.24) is 15.2 Å². The number of carbonyl (C=O) groups excluding carboxylic acids is 2. The van der Waals surface area contributed by atoms with E-state index in [0.717, 1.165) is 48.6 Å². The zero-order valence-corrected chi connectivity index (χ0v) is 26.3. The number of carbonyl (C=O) groups is 2. The Hall–Kier alpha value is -4.42. The summed E-state index contributed by atoms with van der Waals surface area (Å²) in [7, 11) is 0. The van der Waals surface area contributed by atoms with Crippen LogP contribution in [0.5, 0.6) is 5.75 Å². The molecule has 0 aliphatic carbocycles. The van der Waals surface area contributed by atoms with Crippen molar-refractivity contribution in [2.45, 2.75) is 78.6 Å². The smallest absolute Gasteiger partial charge is 0.437 e. The summed E-state index contributed by atoms with van der Waals surface area (Å²) < 4.78 is 17.0. The van der Waals surface area contributed by atoms with E-state index >= 15 is 0 Å². The lowest BCUT2D eigenvalue weighted by molar-refractivity contribution is -0.385. The molecule has 238 valence electrons. The van der Waals surface area contributed by atoms with Crippen LogP contribution < -0.4 is 15.0 Å². The van der Waals surface area contributed by atoms with Gasteiger partial charge in [-0.2, -0.15) is 0 Å². The molecule has 0 bridgehead atoms. The standard InChI is InChI=1S/C31H42N6O7/c1-30(2,3)43-28(38)33-27(34-29(39)44-31(4,5)6)36-16-13-22-7-9-25(17-23(22)19-36)42-20-21-11-14-35(15-12-21)26-10-8-24(18-32-26)37(40)41/h7-10,17-18,21H,11-16,19-20H2,1-6H3,(H,33,34,38,39). The largest absolute Gasteiger partial charge is 0.493 e. The Morgan fingerprint density at radius 3 is 2.34 bits per heavy atom. The number of aliphatic imine (C=N–C) groups is 1. The quantitative estimate of drug-likeness (QED) is 0.200. The highest BCUT2D eigenvalue weighted by Gasteiger charge is 2.27. The van der Waals surface area contributed by atoms with E-state index in [0.29, 0.717) is 32.0 Å². The molecule has 0 atom stereocenters. The second kappa shape index (κ2) is 13.5. The molecule has 44 heavy (non-hydrogen) atoms. The minimum Gasteiger partial charge on any atom is -0.493 e. The van der Waals surface area contributed by atoms with Crippen LogP contribution in [0.2, 0.25) is 0 Å². The Morgan fingerprint density at radius 2 is 1.73 bits per heavy atom. The van der Waals surface area contributed by atoms with Gasteiger partial charge in [-0.05, 0) is 96.0 Å². The van der Waals surface area contributed by atoms with E-state index in [1.807, 2.05) is 17.0 Å². The monoisotopic (exact) mass is 610 g/mol.